The highest BCUT2D eigenvalue weighted by molar-refractivity contribution is 4.75. The maximum Gasteiger partial charge on any atom is 0.250 e. The number of halogens is 2. The van der Waals surface area contributed by atoms with Crippen LogP contribution in [0.4, 0.5) is 8.78 Å². The standard InChI is InChI=1S/C6H11F2N.2C6H14N2.C6H13N/c1-9-4-2-6(7,8)3-5-9;2*1-7-3-5-8(2)6-4-7;1-6-3-4-7(2)5-6/h2-5H2,1H3;2*3-6H2,1-2H3;6H,3-5H2,1-2H3. The molecule has 0 N–H and O–H groups in total. The number of hydrogen-bond donors (Lipinski definition) is 0. The van der Waals surface area contributed by atoms with Gasteiger partial charge in [-0.25, -0.2) is 8.78 Å². The lowest BCUT2D eigenvalue weighted by atomic mass is 10.1. The maximum absolute atomic E-state index is 12.4. The molecule has 4 aliphatic heterocycles. The quantitative estimate of drug-likeness (QED) is 0.545. The van der Waals surface area contributed by atoms with E-state index >= 15 is 0 Å². The summed E-state index contributed by atoms with van der Waals surface area (Å²) in [5.41, 5.74) is 0. The SMILES string of the molecule is CC1CCN(C)C1.CN1CCC(F)(F)CC1.CN1CCN(C)CC1.CN1CCN(C)CC1. The van der Waals surface area contributed by atoms with E-state index in [-0.39, 0.29) is 12.8 Å². The molecule has 0 aromatic rings. The Balaban J connectivity index is 0.000000214. The van der Waals surface area contributed by atoms with Crippen LogP contribution in [0.25, 0.3) is 0 Å². The molecule has 4 aliphatic rings. The highest BCUT2D eigenvalue weighted by atomic mass is 19.3. The minimum atomic E-state index is -2.38. The summed E-state index contributed by atoms with van der Waals surface area (Å²) >= 11 is 0. The minimum absolute atomic E-state index is 0.0312. The van der Waals surface area contributed by atoms with E-state index in [1.165, 1.54) is 71.9 Å². The molecule has 4 heterocycles. The number of alkyl halides is 2. The molecule has 4 fully saturated rings. The van der Waals surface area contributed by atoms with Gasteiger partial charge in [0.05, 0.1) is 0 Å². The molecule has 4 rings (SSSR count). The third-order valence-electron chi connectivity index (χ3n) is 6.80. The second-order valence-corrected chi connectivity index (χ2v) is 10.5. The van der Waals surface area contributed by atoms with Gasteiger partial charge in [0.1, 0.15) is 0 Å². The number of likely N-dealkylation sites (N-methyl/N-ethyl adjacent to an activating group) is 4. The number of piperazine rings is 2. The highest BCUT2D eigenvalue weighted by Crippen LogP contribution is 2.26. The van der Waals surface area contributed by atoms with E-state index < -0.39 is 5.92 Å². The van der Waals surface area contributed by atoms with Gasteiger partial charge in [-0.15, -0.1) is 0 Å². The Morgan fingerprint density at radius 2 is 0.812 bits per heavy atom. The number of nitrogens with zero attached hydrogens (tertiary/aromatic N) is 6. The van der Waals surface area contributed by atoms with Crippen LogP contribution in [0.2, 0.25) is 0 Å². The van der Waals surface area contributed by atoms with Crippen LogP contribution in [-0.4, -0.2) is 156 Å². The van der Waals surface area contributed by atoms with Gasteiger partial charge in [0.15, 0.2) is 0 Å². The summed E-state index contributed by atoms with van der Waals surface area (Å²) in [5, 5.41) is 0. The van der Waals surface area contributed by atoms with Crippen LogP contribution in [0.5, 0.6) is 0 Å². The summed E-state index contributed by atoms with van der Waals surface area (Å²) in [6.45, 7) is 15.9. The average Bonchev–Trinajstić information content (AvgIpc) is 3.13. The summed E-state index contributed by atoms with van der Waals surface area (Å²) in [7, 11) is 12.7. The van der Waals surface area contributed by atoms with Crippen LogP contribution in [-0.2, 0) is 0 Å². The molecule has 8 heteroatoms. The number of piperidine rings is 1. The minimum Gasteiger partial charge on any atom is -0.306 e. The summed E-state index contributed by atoms with van der Waals surface area (Å²) in [6, 6.07) is 0. The lowest BCUT2D eigenvalue weighted by Gasteiger charge is -2.28. The van der Waals surface area contributed by atoms with Gasteiger partial charge >= 0.3 is 0 Å². The molecule has 6 nitrogen and oxygen atoms in total. The molecular formula is C24H52F2N6. The van der Waals surface area contributed by atoms with Gasteiger partial charge in [0.2, 0.25) is 0 Å². The molecule has 192 valence electrons. The van der Waals surface area contributed by atoms with Crippen molar-refractivity contribution in [3.05, 3.63) is 0 Å². The van der Waals surface area contributed by atoms with E-state index in [0.29, 0.717) is 13.1 Å². The van der Waals surface area contributed by atoms with Gasteiger partial charge in [-0.3, -0.25) is 0 Å². The van der Waals surface area contributed by atoms with Crippen molar-refractivity contribution in [2.24, 2.45) is 5.92 Å². The predicted molar refractivity (Wildman–Crippen MR) is 133 cm³/mol. The Labute approximate surface area is 197 Å². The first kappa shape index (κ1) is 29.7. The first-order valence-corrected chi connectivity index (χ1v) is 12.5. The molecular weight excluding hydrogens is 410 g/mol. The van der Waals surface area contributed by atoms with E-state index in [0.717, 1.165) is 5.92 Å². The van der Waals surface area contributed by atoms with Crippen LogP contribution in [0.15, 0.2) is 0 Å². The van der Waals surface area contributed by atoms with Crippen LogP contribution in [0, 0.1) is 5.92 Å². The largest absolute Gasteiger partial charge is 0.306 e. The molecule has 0 aliphatic carbocycles. The monoisotopic (exact) mass is 462 g/mol. The molecule has 0 aromatic carbocycles. The topological polar surface area (TPSA) is 19.4 Å². The van der Waals surface area contributed by atoms with Crippen LogP contribution in [0.3, 0.4) is 0 Å². The van der Waals surface area contributed by atoms with E-state index in [1.807, 2.05) is 11.9 Å². The first-order chi connectivity index (χ1) is 15.0. The molecule has 0 amide bonds. The Morgan fingerprint density at radius 1 is 0.500 bits per heavy atom. The Hall–Kier alpha value is -0.380. The third-order valence-corrected chi connectivity index (χ3v) is 6.80. The fourth-order valence-electron chi connectivity index (χ4n) is 3.91. The molecule has 1 unspecified atom stereocenters. The molecule has 0 bridgehead atoms. The summed E-state index contributed by atoms with van der Waals surface area (Å²) in [5.74, 6) is -1.43. The van der Waals surface area contributed by atoms with Crippen molar-refractivity contribution in [2.75, 3.05) is 121 Å². The molecule has 1 atom stereocenters. The average molecular weight is 463 g/mol. The molecule has 32 heavy (non-hydrogen) atoms. The smallest absolute Gasteiger partial charge is 0.250 e. The number of rotatable bonds is 0. The lowest BCUT2D eigenvalue weighted by molar-refractivity contribution is -0.0504. The van der Waals surface area contributed by atoms with Crippen molar-refractivity contribution in [1.29, 1.82) is 0 Å². The van der Waals surface area contributed by atoms with Crippen molar-refractivity contribution in [3.63, 3.8) is 0 Å². The highest BCUT2D eigenvalue weighted by Gasteiger charge is 2.32. The van der Waals surface area contributed by atoms with Gasteiger partial charge in [-0.05, 0) is 61.2 Å². The van der Waals surface area contributed by atoms with Gasteiger partial charge in [-0.2, -0.15) is 0 Å². The number of hydrogen-bond acceptors (Lipinski definition) is 6. The molecule has 4 saturated heterocycles. The maximum atomic E-state index is 12.4. The Kier molecular flexibility index (Phi) is 14.4. The fourth-order valence-corrected chi connectivity index (χ4v) is 3.91. The first-order valence-electron chi connectivity index (χ1n) is 12.5. The van der Waals surface area contributed by atoms with E-state index in [4.69, 9.17) is 0 Å². The lowest BCUT2D eigenvalue weighted by Crippen LogP contribution is -2.42. The normalized spacial score (nSPS) is 28.6. The van der Waals surface area contributed by atoms with Crippen molar-refractivity contribution >= 4 is 0 Å². The van der Waals surface area contributed by atoms with Crippen LogP contribution >= 0.6 is 0 Å². The molecule has 0 spiro atoms. The van der Waals surface area contributed by atoms with E-state index in [2.05, 4.69) is 66.7 Å². The second kappa shape index (κ2) is 15.5. The van der Waals surface area contributed by atoms with Crippen LogP contribution in [0.1, 0.15) is 26.2 Å². The van der Waals surface area contributed by atoms with Crippen molar-refractivity contribution in [3.8, 4) is 0 Å². The zero-order valence-electron chi connectivity index (χ0n) is 22.1. The fraction of sp³-hybridized carbons (Fsp3) is 1.00. The molecule has 0 saturated carbocycles. The van der Waals surface area contributed by atoms with Crippen LogP contribution < -0.4 is 0 Å². The summed E-state index contributed by atoms with van der Waals surface area (Å²) < 4.78 is 24.7. The van der Waals surface area contributed by atoms with Gasteiger partial charge in [-0.1, -0.05) is 6.92 Å². The molecule has 0 aromatic heterocycles. The number of likely N-dealkylation sites (tertiary alicyclic amines) is 2. The van der Waals surface area contributed by atoms with Gasteiger partial charge in [0, 0.05) is 84.8 Å². The van der Waals surface area contributed by atoms with Crippen molar-refractivity contribution < 1.29 is 8.78 Å². The second-order valence-electron chi connectivity index (χ2n) is 10.5. The summed E-state index contributed by atoms with van der Waals surface area (Å²) in [4.78, 5) is 13.8. The Bertz CT molecular complexity index is 407. The zero-order valence-corrected chi connectivity index (χ0v) is 22.1. The Morgan fingerprint density at radius 3 is 1.00 bits per heavy atom. The van der Waals surface area contributed by atoms with Gasteiger partial charge < -0.3 is 29.4 Å². The zero-order chi connectivity index (χ0) is 24.1. The van der Waals surface area contributed by atoms with Crippen molar-refractivity contribution in [1.82, 2.24) is 29.4 Å². The van der Waals surface area contributed by atoms with E-state index in [1.54, 1.807) is 0 Å². The summed E-state index contributed by atoms with van der Waals surface area (Å²) in [6.07, 6.45) is 1.46. The predicted octanol–water partition coefficient (Wildman–Crippen LogP) is 2.03. The molecule has 0 radical (unpaired) electrons. The third kappa shape index (κ3) is 14.7. The van der Waals surface area contributed by atoms with Gasteiger partial charge in [0.25, 0.3) is 5.92 Å². The van der Waals surface area contributed by atoms with Crippen molar-refractivity contribution in [2.45, 2.75) is 32.1 Å². The van der Waals surface area contributed by atoms with E-state index in [9.17, 15) is 8.78 Å².